The van der Waals surface area contributed by atoms with Gasteiger partial charge in [-0.2, -0.15) is 0 Å². The van der Waals surface area contributed by atoms with Crippen LogP contribution in [0.1, 0.15) is 34.7 Å². The molecule has 3 heteroatoms. The zero-order valence-corrected chi connectivity index (χ0v) is 12.5. The van der Waals surface area contributed by atoms with Gasteiger partial charge in [-0.15, -0.1) is 0 Å². The number of aryl methyl sites for hydroxylation is 1. The van der Waals surface area contributed by atoms with Crippen LogP contribution in [0, 0.1) is 0 Å². The molecule has 0 bridgehead atoms. The van der Waals surface area contributed by atoms with Crippen molar-refractivity contribution in [1.82, 2.24) is 5.32 Å². The second-order valence-electron chi connectivity index (χ2n) is 6.07. The molecule has 0 fully saturated rings. The number of nitrogens with one attached hydrogen (secondary N) is 1. The third kappa shape index (κ3) is 2.47. The lowest BCUT2D eigenvalue weighted by molar-refractivity contribution is -0.121. The average Bonchev–Trinajstić information content (AvgIpc) is 3.14. The summed E-state index contributed by atoms with van der Waals surface area (Å²) in [5.74, 6) is 1.06. The number of fused-ring (bicyclic) bond motifs is 2. The molecule has 22 heavy (non-hydrogen) atoms. The van der Waals surface area contributed by atoms with Crippen LogP contribution in [0.25, 0.3) is 0 Å². The van der Waals surface area contributed by atoms with E-state index in [4.69, 9.17) is 4.74 Å². The van der Waals surface area contributed by atoms with Gasteiger partial charge < -0.3 is 10.1 Å². The fourth-order valence-electron chi connectivity index (χ4n) is 3.49. The highest BCUT2D eigenvalue weighted by Gasteiger charge is 2.23. The Kier molecular flexibility index (Phi) is 3.34. The van der Waals surface area contributed by atoms with Crippen molar-refractivity contribution in [3.05, 3.63) is 64.7 Å². The molecule has 4 rings (SSSR count). The lowest BCUT2D eigenvalue weighted by atomic mass is 10.0. The number of amides is 1. The summed E-state index contributed by atoms with van der Waals surface area (Å²) in [4.78, 5) is 12.3. The summed E-state index contributed by atoms with van der Waals surface area (Å²) in [7, 11) is 0. The Bertz CT molecular complexity index is 723. The van der Waals surface area contributed by atoms with Gasteiger partial charge in [0.05, 0.1) is 19.1 Å². The minimum atomic E-state index is 0.0977. The van der Waals surface area contributed by atoms with E-state index in [2.05, 4.69) is 29.6 Å². The van der Waals surface area contributed by atoms with Crippen molar-refractivity contribution in [3.63, 3.8) is 0 Å². The van der Waals surface area contributed by atoms with Crippen LogP contribution in [0.15, 0.2) is 42.5 Å². The standard InChI is InChI=1S/C19H19NO2/c21-19(12-13-5-8-18-15(11-13)9-10-22-18)20-17-7-6-14-3-1-2-4-16(14)17/h1-5,8,11,17H,6-7,9-10,12H2,(H,20,21). The molecular formula is C19H19NO2. The van der Waals surface area contributed by atoms with E-state index >= 15 is 0 Å². The van der Waals surface area contributed by atoms with Gasteiger partial charge >= 0.3 is 0 Å². The van der Waals surface area contributed by atoms with Crippen LogP contribution in [0.2, 0.25) is 0 Å². The molecule has 2 aromatic rings. The summed E-state index contributed by atoms with van der Waals surface area (Å²) in [6.45, 7) is 0.754. The minimum Gasteiger partial charge on any atom is -0.493 e. The summed E-state index contributed by atoms with van der Waals surface area (Å²) < 4.78 is 5.50. The first-order valence-electron chi connectivity index (χ1n) is 7.91. The first kappa shape index (κ1) is 13.4. The fourth-order valence-corrected chi connectivity index (χ4v) is 3.49. The van der Waals surface area contributed by atoms with E-state index in [0.717, 1.165) is 37.2 Å². The van der Waals surface area contributed by atoms with Crippen molar-refractivity contribution >= 4 is 5.91 Å². The molecule has 2 aliphatic rings. The van der Waals surface area contributed by atoms with E-state index in [1.54, 1.807) is 0 Å². The predicted molar refractivity (Wildman–Crippen MR) is 85.0 cm³/mol. The van der Waals surface area contributed by atoms with Crippen LogP contribution in [-0.4, -0.2) is 12.5 Å². The monoisotopic (exact) mass is 293 g/mol. The maximum absolute atomic E-state index is 12.3. The molecule has 0 saturated carbocycles. The third-order valence-electron chi connectivity index (χ3n) is 4.59. The van der Waals surface area contributed by atoms with Gasteiger partial charge in [0.15, 0.2) is 0 Å². The zero-order chi connectivity index (χ0) is 14.9. The lowest BCUT2D eigenvalue weighted by Crippen LogP contribution is -2.28. The highest BCUT2D eigenvalue weighted by molar-refractivity contribution is 5.79. The summed E-state index contributed by atoms with van der Waals surface area (Å²) in [5, 5.41) is 3.18. The van der Waals surface area contributed by atoms with E-state index in [-0.39, 0.29) is 11.9 Å². The Morgan fingerprint density at radius 1 is 1.14 bits per heavy atom. The van der Waals surface area contributed by atoms with Crippen LogP contribution in [0.5, 0.6) is 5.75 Å². The molecule has 0 spiro atoms. The van der Waals surface area contributed by atoms with Crippen LogP contribution >= 0.6 is 0 Å². The highest BCUT2D eigenvalue weighted by Crippen LogP contribution is 2.31. The number of rotatable bonds is 3. The van der Waals surface area contributed by atoms with Crippen molar-refractivity contribution in [2.24, 2.45) is 0 Å². The minimum absolute atomic E-state index is 0.0977. The second-order valence-corrected chi connectivity index (χ2v) is 6.07. The Morgan fingerprint density at radius 3 is 3.00 bits per heavy atom. The average molecular weight is 293 g/mol. The lowest BCUT2D eigenvalue weighted by Gasteiger charge is -2.14. The van der Waals surface area contributed by atoms with E-state index < -0.39 is 0 Å². The zero-order valence-electron chi connectivity index (χ0n) is 12.5. The topological polar surface area (TPSA) is 38.3 Å². The Morgan fingerprint density at radius 2 is 2.05 bits per heavy atom. The van der Waals surface area contributed by atoms with E-state index in [9.17, 15) is 4.79 Å². The molecule has 1 unspecified atom stereocenters. The van der Waals surface area contributed by atoms with Gasteiger partial charge in [-0.25, -0.2) is 0 Å². The molecule has 1 aliphatic carbocycles. The Labute approximate surface area is 130 Å². The van der Waals surface area contributed by atoms with Gasteiger partial charge in [0.2, 0.25) is 5.91 Å². The predicted octanol–water partition coefficient (Wildman–Crippen LogP) is 2.97. The molecule has 2 aromatic carbocycles. The summed E-state index contributed by atoms with van der Waals surface area (Å²) in [6, 6.07) is 14.6. The number of carbonyl (C=O) groups excluding carboxylic acids is 1. The number of hydrogen-bond donors (Lipinski definition) is 1. The van der Waals surface area contributed by atoms with Gasteiger partial charge in [0, 0.05) is 6.42 Å². The normalized spacial score (nSPS) is 18.5. The van der Waals surface area contributed by atoms with Gasteiger partial charge in [0.1, 0.15) is 5.75 Å². The van der Waals surface area contributed by atoms with Crippen LogP contribution in [0.3, 0.4) is 0 Å². The maximum atomic E-state index is 12.3. The molecule has 1 aliphatic heterocycles. The molecule has 1 heterocycles. The molecule has 1 atom stereocenters. The summed E-state index contributed by atoms with van der Waals surface area (Å²) in [5.41, 5.74) is 4.92. The van der Waals surface area contributed by atoms with E-state index in [1.165, 1.54) is 16.7 Å². The van der Waals surface area contributed by atoms with Gasteiger partial charge in [-0.05, 0) is 41.2 Å². The van der Waals surface area contributed by atoms with Crippen LogP contribution in [0.4, 0.5) is 0 Å². The quantitative estimate of drug-likeness (QED) is 0.945. The molecule has 1 N–H and O–H groups in total. The first-order chi connectivity index (χ1) is 10.8. The maximum Gasteiger partial charge on any atom is 0.224 e. The van der Waals surface area contributed by atoms with Gasteiger partial charge in [-0.3, -0.25) is 4.79 Å². The number of carbonyl (C=O) groups is 1. The van der Waals surface area contributed by atoms with Crippen molar-refractivity contribution in [2.75, 3.05) is 6.61 Å². The smallest absolute Gasteiger partial charge is 0.224 e. The molecule has 3 nitrogen and oxygen atoms in total. The summed E-state index contributed by atoms with van der Waals surface area (Å²) in [6.07, 6.45) is 3.44. The van der Waals surface area contributed by atoms with Crippen molar-refractivity contribution in [2.45, 2.75) is 31.7 Å². The highest BCUT2D eigenvalue weighted by atomic mass is 16.5. The van der Waals surface area contributed by atoms with Crippen LogP contribution in [-0.2, 0) is 24.1 Å². The number of benzene rings is 2. The van der Waals surface area contributed by atoms with E-state index in [0.29, 0.717) is 6.42 Å². The molecule has 0 radical (unpaired) electrons. The molecule has 112 valence electrons. The Hall–Kier alpha value is -2.29. The number of ether oxygens (including phenoxy) is 1. The van der Waals surface area contributed by atoms with Crippen molar-refractivity contribution < 1.29 is 9.53 Å². The third-order valence-corrected chi connectivity index (χ3v) is 4.59. The SMILES string of the molecule is O=C(Cc1ccc2c(c1)CCO2)NC1CCc2ccccc21. The van der Waals surface area contributed by atoms with Crippen molar-refractivity contribution in [1.29, 1.82) is 0 Å². The van der Waals surface area contributed by atoms with Gasteiger partial charge in [0.25, 0.3) is 0 Å². The fraction of sp³-hybridized carbons (Fsp3) is 0.316. The molecule has 0 aromatic heterocycles. The molecule has 0 saturated heterocycles. The Balaban J connectivity index is 1.43. The first-order valence-corrected chi connectivity index (χ1v) is 7.91. The van der Waals surface area contributed by atoms with E-state index in [1.807, 2.05) is 18.2 Å². The summed E-state index contributed by atoms with van der Waals surface area (Å²) >= 11 is 0. The molecular weight excluding hydrogens is 274 g/mol. The second kappa shape index (κ2) is 5.48. The number of hydrogen-bond acceptors (Lipinski definition) is 2. The largest absolute Gasteiger partial charge is 0.493 e. The van der Waals surface area contributed by atoms with Gasteiger partial charge in [-0.1, -0.05) is 36.4 Å². The molecule has 1 amide bonds. The van der Waals surface area contributed by atoms with Crippen molar-refractivity contribution in [3.8, 4) is 5.75 Å². The van der Waals surface area contributed by atoms with Crippen LogP contribution < -0.4 is 10.1 Å².